The van der Waals surface area contributed by atoms with Crippen molar-refractivity contribution in [3.05, 3.63) is 69.6 Å². The number of hydrogen-bond donors (Lipinski definition) is 1. The maximum Gasteiger partial charge on any atom is 0.306 e. The van der Waals surface area contributed by atoms with E-state index < -0.39 is 0 Å². The molecule has 1 aromatic heterocycles. The van der Waals surface area contributed by atoms with Crippen molar-refractivity contribution in [1.29, 1.82) is 0 Å². The standard InChI is InChI=1S/C14H9BrN2O/c15-11-5-7-12(8-6-11)17-9-10-3-1-2-4-13(10)14(18)16-17/h1-9H/p+1. The number of nitrogens with one attached hydrogen (secondary N) is 1. The summed E-state index contributed by atoms with van der Waals surface area (Å²) < 4.78 is 2.74. The molecule has 2 aromatic carbocycles. The van der Waals surface area contributed by atoms with Crippen LogP contribution in [0.2, 0.25) is 0 Å². The highest BCUT2D eigenvalue weighted by molar-refractivity contribution is 9.10. The molecule has 0 radical (unpaired) electrons. The van der Waals surface area contributed by atoms with Gasteiger partial charge in [0.1, 0.15) is 0 Å². The predicted molar refractivity (Wildman–Crippen MR) is 73.8 cm³/mol. The van der Waals surface area contributed by atoms with Crippen molar-refractivity contribution in [3.8, 4) is 5.69 Å². The molecule has 0 spiro atoms. The normalized spacial score (nSPS) is 10.7. The summed E-state index contributed by atoms with van der Waals surface area (Å²) in [6.07, 6.45) is 1.92. The van der Waals surface area contributed by atoms with Gasteiger partial charge >= 0.3 is 5.56 Å². The summed E-state index contributed by atoms with van der Waals surface area (Å²) in [6, 6.07) is 15.3. The zero-order chi connectivity index (χ0) is 12.5. The van der Waals surface area contributed by atoms with Crippen LogP contribution in [0.4, 0.5) is 0 Å². The van der Waals surface area contributed by atoms with Gasteiger partial charge in [-0.1, -0.05) is 32.7 Å². The van der Waals surface area contributed by atoms with Gasteiger partial charge in [-0.25, -0.2) is 0 Å². The number of hydrogen-bond acceptors (Lipinski definition) is 1. The second kappa shape index (κ2) is 4.38. The summed E-state index contributed by atoms with van der Waals surface area (Å²) in [5, 5.41) is 4.45. The Kier molecular flexibility index (Phi) is 2.72. The summed E-state index contributed by atoms with van der Waals surface area (Å²) in [5.41, 5.74) is 0.831. The highest BCUT2D eigenvalue weighted by Crippen LogP contribution is 2.11. The minimum Gasteiger partial charge on any atom is -0.264 e. The van der Waals surface area contributed by atoms with Crippen LogP contribution in [0.5, 0.6) is 0 Å². The highest BCUT2D eigenvalue weighted by atomic mass is 79.9. The quantitative estimate of drug-likeness (QED) is 0.689. The van der Waals surface area contributed by atoms with E-state index in [1.807, 2.05) is 54.7 Å². The Balaban J connectivity index is 2.24. The predicted octanol–water partition coefficient (Wildman–Crippen LogP) is 2.57. The molecule has 3 aromatic rings. The van der Waals surface area contributed by atoms with Crippen molar-refractivity contribution in [3.63, 3.8) is 0 Å². The van der Waals surface area contributed by atoms with E-state index in [9.17, 15) is 4.79 Å². The summed E-state index contributed by atoms with van der Waals surface area (Å²) in [6.45, 7) is 0. The molecule has 0 atom stereocenters. The molecule has 3 rings (SSSR count). The van der Waals surface area contributed by atoms with E-state index >= 15 is 0 Å². The highest BCUT2D eigenvalue weighted by Gasteiger charge is 2.10. The molecule has 0 aliphatic heterocycles. The van der Waals surface area contributed by atoms with Crippen molar-refractivity contribution in [2.75, 3.05) is 0 Å². The fourth-order valence-corrected chi connectivity index (χ4v) is 2.16. The summed E-state index contributed by atoms with van der Waals surface area (Å²) in [4.78, 5) is 12.0. The first-order valence-corrected chi connectivity index (χ1v) is 6.33. The molecule has 3 nitrogen and oxygen atoms in total. The molecule has 18 heavy (non-hydrogen) atoms. The Morgan fingerprint density at radius 3 is 2.50 bits per heavy atom. The second-order valence-electron chi connectivity index (χ2n) is 4.00. The average Bonchev–Trinajstić information content (AvgIpc) is 2.39. The van der Waals surface area contributed by atoms with E-state index in [1.54, 1.807) is 4.68 Å². The molecule has 1 heterocycles. The van der Waals surface area contributed by atoms with Gasteiger partial charge in [0.05, 0.1) is 10.8 Å². The van der Waals surface area contributed by atoms with Gasteiger partial charge in [0.15, 0.2) is 0 Å². The lowest BCUT2D eigenvalue weighted by Gasteiger charge is -1.97. The van der Waals surface area contributed by atoms with Gasteiger partial charge in [-0.3, -0.25) is 4.79 Å². The molecule has 88 valence electrons. The summed E-state index contributed by atoms with van der Waals surface area (Å²) in [7, 11) is 0. The van der Waals surface area contributed by atoms with Crippen LogP contribution >= 0.6 is 15.9 Å². The molecule has 0 saturated heterocycles. The number of halogens is 1. The molecule has 4 heteroatoms. The largest absolute Gasteiger partial charge is 0.306 e. The Labute approximate surface area is 112 Å². The monoisotopic (exact) mass is 301 g/mol. The Hall–Kier alpha value is -1.94. The topological polar surface area (TPSA) is 36.7 Å². The van der Waals surface area contributed by atoms with E-state index in [0.29, 0.717) is 5.39 Å². The van der Waals surface area contributed by atoms with Crippen molar-refractivity contribution in [1.82, 2.24) is 5.10 Å². The molecule has 0 bridgehead atoms. The Bertz CT molecular complexity index is 763. The number of benzene rings is 2. The molecule has 0 aliphatic rings. The molecular formula is C14H10BrN2O+. The lowest BCUT2D eigenvalue weighted by atomic mass is 10.2. The lowest BCUT2D eigenvalue weighted by Crippen LogP contribution is -2.40. The van der Waals surface area contributed by atoms with Gasteiger partial charge in [-0.05, 0) is 24.3 Å². The fraction of sp³-hybridized carbons (Fsp3) is 0. The van der Waals surface area contributed by atoms with Gasteiger partial charge in [-0.15, -0.1) is 5.10 Å². The van der Waals surface area contributed by atoms with Crippen LogP contribution in [-0.2, 0) is 0 Å². The zero-order valence-corrected chi connectivity index (χ0v) is 11.0. The average molecular weight is 302 g/mol. The van der Waals surface area contributed by atoms with Crippen LogP contribution in [0, 0.1) is 0 Å². The first kappa shape index (κ1) is 11.2. The molecule has 0 fully saturated rings. The van der Waals surface area contributed by atoms with Crippen molar-refractivity contribution >= 4 is 26.7 Å². The minimum absolute atomic E-state index is 0.0870. The van der Waals surface area contributed by atoms with Crippen LogP contribution in [0.3, 0.4) is 0 Å². The number of aromatic amines is 1. The maximum atomic E-state index is 12.0. The molecule has 0 saturated carbocycles. The van der Waals surface area contributed by atoms with Gasteiger partial charge in [0.2, 0.25) is 11.9 Å². The molecule has 0 amide bonds. The van der Waals surface area contributed by atoms with E-state index in [0.717, 1.165) is 15.5 Å². The van der Waals surface area contributed by atoms with Gasteiger partial charge in [0, 0.05) is 16.6 Å². The SMILES string of the molecule is O=c1[nH][n+](-c2ccc(Br)cc2)cc2ccccc12. The Morgan fingerprint density at radius 2 is 1.72 bits per heavy atom. The molecule has 0 unspecified atom stereocenters. The fourth-order valence-electron chi connectivity index (χ4n) is 1.90. The third-order valence-corrected chi connectivity index (χ3v) is 3.33. The number of rotatable bonds is 1. The summed E-state index contributed by atoms with van der Waals surface area (Å²) >= 11 is 3.39. The second-order valence-corrected chi connectivity index (χ2v) is 4.92. The van der Waals surface area contributed by atoms with E-state index in [-0.39, 0.29) is 5.56 Å². The third-order valence-electron chi connectivity index (χ3n) is 2.80. The zero-order valence-electron chi connectivity index (χ0n) is 9.43. The Morgan fingerprint density at radius 1 is 1.00 bits per heavy atom. The number of aromatic nitrogens is 2. The van der Waals surface area contributed by atoms with E-state index in [2.05, 4.69) is 21.0 Å². The van der Waals surface area contributed by atoms with Gasteiger partial charge < -0.3 is 0 Å². The molecular weight excluding hydrogens is 292 g/mol. The van der Waals surface area contributed by atoms with Crippen LogP contribution in [0.25, 0.3) is 16.5 Å². The van der Waals surface area contributed by atoms with Crippen molar-refractivity contribution in [2.24, 2.45) is 0 Å². The van der Waals surface area contributed by atoms with Gasteiger partial charge in [-0.2, -0.15) is 0 Å². The molecule has 0 aliphatic carbocycles. The smallest absolute Gasteiger partial charge is 0.264 e. The molecule has 1 N–H and O–H groups in total. The van der Waals surface area contributed by atoms with E-state index in [1.165, 1.54) is 0 Å². The maximum absolute atomic E-state index is 12.0. The first-order valence-electron chi connectivity index (χ1n) is 5.54. The van der Waals surface area contributed by atoms with Crippen molar-refractivity contribution in [2.45, 2.75) is 0 Å². The van der Waals surface area contributed by atoms with Crippen LogP contribution in [-0.4, -0.2) is 5.10 Å². The number of H-pyrrole nitrogens is 1. The summed E-state index contributed by atoms with van der Waals surface area (Å²) in [5.74, 6) is 0. The van der Waals surface area contributed by atoms with E-state index in [4.69, 9.17) is 0 Å². The first-order chi connectivity index (χ1) is 8.74. The minimum atomic E-state index is -0.0870. The van der Waals surface area contributed by atoms with Crippen LogP contribution in [0.1, 0.15) is 0 Å². The van der Waals surface area contributed by atoms with Gasteiger partial charge in [0.25, 0.3) is 0 Å². The van der Waals surface area contributed by atoms with Crippen LogP contribution < -0.4 is 10.2 Å². The van der Waals surface area contributed by atoms with Crippen molar-refractivity contribution < 1.29 is 4.68 Å². The van der Waals surface area contributed by atoms with Crippen LogP contribution in [0.15, 0.2) is 64.0 Å². The lowest BCUT2D eigenvalue weighted by molar-refractivity contribution is -0.659. The number of fused-ring (bicyclic) bond motifs is 1. The number of nitrogens with zero attached hydrogens (tertiary/aromatic N) is 1. The third kappa shape index (κ3) is 1.95.